The molecule has 5 rings (SSSR count). The van der Waals surface area contributed by atoms with E-state index in [1.807, 2.05) is 62.4 Å². The van der Waals surface area contributed by atoms with E-state index in [-0.39, 0.29) is 16.6 Å². The Morgan fingerprint density at radius 3 is 2.27 bits per heavy atom. The summed E-state index contributed by atoms with van der Waals surface area (Å²) in [5, 5.41) is 4.40. The lowest BCUT2D eigenvalue weighted by Crippen LogP contribution is -2.32. The Balaban J connectivity index is 1.34. The molecule has 1 aliphatic heterocycles. The number of esters is 1. The number of hydrogen-bond acceptors (Lipinski definition) is 5. The molecule has 1 heterocycles. The highest BCUT2D eigenvalue weighted by Gasteiger charge is 2.39. The van der Waals surface area contributed by atoms with Crippen LogP contribution in [-0.4, -0.2) is 17.8 Å². The molecule has 0 atom stereocenters. The van der Waals surface area contributed by atoms with Crippen molar-refractivity contribution in [2.75, 3.05) is 10.2 Å². The molecule has 0 unspecified atom stereocenters. The van der Waals surface area contributed by atoms with E-state index in [1.54, 1.807) is 42.5 Å². The molecule has 0 aromatic heterocycles. The first-order valence-corrected chi connectivity index (χ1v) is 12.2. The zero-order chi connectivity index (χ0) is 26.1. The van der Waals surface area contributed by atoms with Crippen molar-refractivity contribution in [3.05, 3.63) is 113 Å². The van der Waals surface area contributed by atoms with Gasteiger partial charge in [0.05, 0.1) is 11.3 Å². The largest absolute Gasteiger partial charge is 0.423 e. The van der Waals surface area contributed by atoms with Gasteiger partial charge < -0.3 is 10.1 Å². The van der Waals surface area contributed by atoms with Gasteiger partial charge in [-0.05, 0) is 53.3 Å². The van der Waals surface area contributed by atoms with Crippen LogP contribution in [-0.2, 0) is 9.59 Å². The van der Waals surface area contributed by atoms with Gasteiger partial charge in [-0.15, -0.1) is 0 Å². The summed E-state index contributed by atoms with van der Waals surface area (Å²) in [6.07, 6.45) is 0. The molecule has 0 fully saturated rings. The summed E-state index contributed by atoms with van der Waals surface area (Å²) < 4.78 is 5.62. The standard InChI is InChI=1S/C30H23ClN2O4/c1-18(2)22-10-5-6-13-25(22)37-30(36)20-14-16-21(17-15-20)32-27-26(31)28(34)33(29(27)35)24-12-7-9-19-8-3-4-11-23(19)24/h3-18,32H,1-2H3. The minimum absolute atomic E-state index is 0.0270. The molecule has 0 saturated carbocycles. The summed E-state index contributed by atoms with van der Waals surface area (Å²) in [5.41, 5.74) is 2.21. The van der Waals surface area contributed by atoms with E-state index in [2.05, 4.69) is 5.32 Å². The molecule has 1 N–H and O–H groups in total. The van der Waals surface area contributed by atoms with Crippen molar-refractivity contribution < 1.29 is 19.1 Å². The quantitative estimate of drug-likeness (QED) is 0.179. The van der Waals surface area contributed by atoms with Gasteiger partial charge in [0.15, 0.2) is 0 Å². The van der Waals surface area contributed by atoms with Crippen molar-refractivity contribution in [3.63, 3.8) is 0 Å². The smallest absolute Gasteiger partial charge is 0.343 e. The predicted octanol–water partition coefficient (Wildman–Crippen LogP) is 6.62. The van der Waals surface area contributed by atoms with E-state index in [9.17, 15) is 14.4 Å². The Morgan fingerprint density at radius 1 is 0.838 bits per heavy atom. The number of nitrogens with zero attached hydrogens (tertiary/aromatic N) is 1. The molecule has 1 aliphatic rings. The van der Waals surface area contributed by atoms with E-state index < -0.39 is 17.8 Å². The lowest BCUT2D eigenvalue weighted by atomic mass is 10.0. The van der Waals surface area contributed by atoms with Crippen molar-refractivity contribution in [1.82, 2.24) is 0 Å². The Hall–Kier alpha value is -4.42. The second-order valence-electron chi connectivity index (χ2n) is 8.92. The average molecular weight is 511 g/mol. The van der Waals surface area contributed by atoms with Crippen LogP contribution in [0.3, 0.4) is 0 Å². The van der Waals surface area contributed by atoms with Crippen LogP contribution in [0.5, 0.6) is 5.75 Å². The lowest BCUT2D eigenvalue weighted by Gasteiger charge is -2.17. The minimum Gasteiger partial charge on any atom is -0.423 e. The fourth-order valence-corrected chi connectivity index (χ4v) is 4.49. The van der Waals surface area contributed by atoms with Crippen molar-refractivity contribution in [2.45, 2.75) is 19.8 Å². The maximum atomic E-state index is 13.3. The van der Waals surface area contributed by atoms with E-state index in [4.69, 9.17) is 16.3 Å². The Kier molecular flexibility index (Phi) is 6.51. The molecular formula is C30H23ClN2O4. The van der Waals surface area contributed by atoms with Gasteiger partial charge in [0, 0.05) is 11.1 Å². The molecule has 184 valence electrons. The number of imide groups is 1. The normalized spacial score (nSPS) is 13.6. The van der Waals surface area contributed by atoms with Gasteiger partial charge in [-0.25, -0.2) is 9.69 Å². The zero-order valence-electron chi connectivity index (χ0n) is 20.2. The van der Waals surface area contributed by atoms with Gasteiger partial charge in [-0.1, -0.05) is 80.0 Å². The summed E-state index contributed by atoms with van der Waals surface area (Å²) in [6.45, 7) is 4.06. The molecule has 0 radical (unpaired) electrons. The molecule has 0 spiro atoms. The van der Waals surface area contributed by atoms with Crippen LogP contribution in [0, 0.1) is 0 Å². The minimum atomic E-state index is -0.602. The van der Waals surface area contributed by atoms with Crippen molar-refractivity contribution in [2.24, 2.45) is 0 Å². The summed E-state index contributed by atoms with van der Waals surface area (Å²) in [7, 11) is 0. The van der Waals surface area contributed by atoms with Gasteiger partial charge >= 0.3 is 5.97 Å². The number of carbonyl (C=O) groups is 3. The van der Waals surface area contributed by atoms with Crippen molar-refractivity contribution >= 4 is 51.5 Å². The highest BCUT2D eigenvalue weighted by atomic mass is 35.5. The van der Waals surface area contributed by atoms with Crippen LogP contribution in [0.15, 0.2) is 102 Å². The van der Waals surface area contributed by atoms with Crippen LogP contribution in [0.2, 0.25) is 0 Å². The molecule has 4 aromatic rings. The third-order valence-corrected chi connectivity index (χ3v) is 6.52. The number of para-hydroxylation sites is 1. The maximum Gasteiger partial charge on any atom is 0.343 e. The van der Waals surface area contributed by atoms with E-state index >= 15 is 0 Å². The number of nitrogens with one attached hydrogen (secondary N) is 1. The van der Waals surface area contributed by atoms with E-state index in [1.165, 1.54) is 0 Å². The number of ether oxygens (including phenoxy) is 1. The van der Waals surface area contributed by atoms with Crippen LogP contribution in [0.1, 0.15) is 35.7 Å². The fourth-order valence-electron chi connectivity index (χ4n) is 4.28. The highest BCUT2D eigenvalue weighted by Crippen LogP contribution is 2.34. The third-order valence-electron chi connectivity index (χ3n) is 6.17. The number of halogens is 1. The molecule has 37 heavy (non-hydrogen) atoms. The van der Waals surface area contributed by atoms with Crippen LogP contribution in [0.4, 0.5) is 11.4 Å². The van der Waals surface area contributed by atoms with E-state index in [0.717, 1.165) is 21.2 Å². The topological polar surface area (TPSA) is 75.7 Å². The number of rotatable bonds is 6. The molecule has 0 saturated heterocycles. The fraction of sp³-hybridized carbons (Fsp3) is 0.100. The molecule has 0 aliphatic carbocycles. The first-order chi connectivity index (χ1) is 17.8. The van der Waals surface area contributed by atoms with Crippen LogP contribution < -0.4 is 15.0 Å². The predicted molar refractivity (Wildman–Crippen MR) is 145 cm³/mol. The van der Waals surface area contributed by atoms with Crippen molar-refractivity contribution in [3.8, 4) is 5.75 Å². The average Bonchev–Trinajstić information content (AvgIpc) is 3.11. The molecule has 0 bridgehead atoms. The van der Waals surface area contributed by atoms with Gasteiger partial charge in [0.25, 0.3) is 11.8 Å². The molecular weight excluding hydrogens is 488 g/mol. The molecule has 4 aromatic carbocycles. The Labute approximate surface area is 219 Å². The number of anilines is 2. The molecule has 6 nitrogen and oxygen atoms in total. The first kappa shape index (κ1) is 24.3. The summed E-state index contributed by atoms with van der Waals surface area (Å²) in [5.74, 6) is -0.931. The second kappa shape index (κ2) is 9.91. The Morgan fingerprint density at radius 2 is 1.51 bits per heavy atom. The van der Waals surface area contributed by atoms with Gasteiger partial charge in [-0.3, -0.25) is 9.59 Å². The molecule has 2 amide bonds. The van der Waals surface area contributed by atoms with Gasteiger partial charge in [0.1, 0.15) is 16.5 Å². The number of carbonyl (C=O) groups excluding carboxylic acids is 3. The van der Waals surface area contributed by atoms with Crippen LogP contribution in [0.25, 0.3) is 10.8 Å². The number of benzene rings is 4. The SMILES string of the molecule is CC(C)c1ccccc1OC(=O)c1ccc(NC2=C(Cl)C(=O)N(c3cccc4ccccc34)C2=O)cc1. The van der Waals surface area contributed by atoms with Crippen LogP contribution >= 0.6 is 11.6 Å². The summed E-state index contributed by atoms with van der Waals surface area (Å²) in [4.78, 5) is 40.0. The first-order valence-electron chi connectivity index (χ1n) is 11.8. The van der Waals surface area contributed by atoms with E-state index in [0.29, 0.717) is 22.7 Å². The lowest BCUT2D eigenvalue weighted by molar-refractivity contribution is -0.120. The highest BCUT2D eigenvalue weighted by molar-refractivity contribution is 6.53. The number of fused-ring (bicyclic) bond motifs is 1. The van der Waals surface area contributed by atoms with Gasteiger partial charge in [-0.2, -0.15) is 0 Å². The second-order valence-corrected chi connectivity index (χ2v) is 9.30. The number of hydrogen-bond donors (Lipinski definition) is 1. The monoisotopic (exact) mass is 510 g/mol. The van der Waals surface area contributed by atoms with Crippen molar-refractivity contribution in [1.29, 1.82) is 0 Å². The third kappa shape index (κ3) is 4.59. The molecule has 7 heteroatoms. The van der Waals surface area contributed by atoms with Gasteiger partial charge in [0.2, 0.25) is 0 Å². The zero-order valence-corrected chi connectivity index (χ0v) is 21.0. The Bertz CT molecular complexity index is 1570. The number of amides is 2. The summed E-state index contributed by atoms with van der Waals surface area (Å²) >= 11 is 6.31. The summed E-state index contributed by atoms with van der Waals surface area (Å²) in [6, 6.07) is 26.7. The maximum absolute atomic E-state index is 13.3.